The van der Waals surface area contributed by atoms with Crippen LogP contribution in [0.1, 0.15) is 18.1 Å². The van der Waals surface area contributed by atoms with E-state index in [4.69, 9.17) is 44.3 Å². The van der Waals surface area contributed by atoms with Crippen LogP contribution in [-0.4, -0.2) is 11.6 Å². The molecule has 0 radical (unpaired) electrons. The molecule has 2 N–H and O–H groups in total. The van der Waals surface area contributed by atoms with Crippen molar-refractivity contribution in [3.05, 3.63) is 61.7 Å². The summed E-state index contributed by atoms with van der Waals surface area (Å²) < 4.78 is 12.5. The molecule has 0 spiro atoms. The second-order valence-corrected chi connectivity index (χ2v) is 7.19. The fraction of sp³-hybridized carbons (Fsp3) is 0.158. The first-order valence-electron chi connectivity index (χ1n) is 7.70. The number of hydrogen-bond donors (Lipinski definition) is 1. The topological polar surface area (TPSA) is 68.3 Å². The van der Waals surface area contributed by atoms with Gasteiger partial charge < -0.3 is 15.2 Å². The lowest BCUT2D eigenvalue weighted by Crippen LogP contribution is -2.09. The van der Waals surface area contributed by atoms with E-state index in [9.17, 15) is 0 Å². The SMILES string of the molecule is CCOc1cc(C=C(C#N)C(N)=S)cc(I)c1OCc1ccccc1Cl. The second kappa shape index (κ2) is 9.76. The van der Waals surface area contributed by atoms with Gasteiger partial charge in [-0.15, -0.1) is 0 Å². The highest BCUT2D eigenvalue weighted by molar-refractivity contribution is 14.1. The summed E-state index contributed by atoms with van der Waals surface area (Å²) in [6.45, 7) is 2.69. The Morgan fingerprint density at radius 3 is 2.69 bits per heavy atom. The summed E-state index contributed by atoms with van der Waals surface area (Å²) in [6, 6.07) is 13.2. The van der Waals surface area contributed by atoms with E-state index in [1.807, 2.05) is 43.3 Å². The van der Waals surface area contributed by atoms with E-state index < -0.39 is 0 Å². The summed E-state index contributed by atoms with van der Waals surface area (Å²) in [5.74, 6) is 1.20. The van der Waals surface area contributed by atoms with Crippen LogP contribution in [0.2, 0.25) is 5.02 Å². The van der Waals surface area contributed by atoms with Crippen molar-refractivity contribution >= 4 is 57.5 Å². The molecule has 26 heavy (non-hydrogen) atoms. The lowest BCUT2D eigenvalue weighted by atomic mass is 10.1. The maximum Gasteiger partial charge on any atom is 0.175 e. The average molecular weight is 499 g/mol. The zero-order valence-corrected chi connectivity index (χ0v) is 17.7. The number of nitriles is 1. The van der Waals surface area contributed by atoms with Gasteiger partial charge in [0.2, 0.25) is 0 Å². The van der Waals surface area contributed by atoms with Crippen molar-refractivity contribution in [3.63, 3.8) is 0 Å². The summed E-state index contributed by atoms with van der Waals surface area (Å²) in [5.41, 5.74) is 7.44. The molecular weight excluding hydrogens is 483 g/mol. The third-order valence-electron chi connectivity index (χ3n) is 3.36. The van der Waals surface area contributed by atoms with Gasteiger partial charge in [-0.3, -0.25) is 0 Å². The summed E-state index contributed by atoms with van der Waals surface area (Å²) in [5, 5.41) is 9.78. The smallest absolute Gasteiger partial charge is 0.175 e. The average Bonchev–Trinajstić information content (AvgIpc) is 2.60. The molecule has 0 saturated carbocycles. The molecule has 2 rings (SSSR count). The fourth-order valence-corrected chi connectivity index (χ4v) is 3.24. The monoisotopic (exact) mass is 498 g/mol. The van der Waals surface area contributed by atoms with Gasteiger partial charge in [0.1, 0.15) is 17.7 Å². The summed E-state index contributed by atoms with van der Waals surface area (Å²) >= 11 is 13.2. The van der Waals surface area contributed by atoms with E-state index in [1.54, 1.807) is 12.1 Å². The minimum Gasteiger partial charge on any atom is -0.490 e. The lowest BCUT2D eigenvalue weighted by Gasteiger charge is -2.15. The van der Waals surface area contributed by atoms with Gasteiger partial charge in [0.15, 0.2) is 11.5 Å². The minimum absolute atomic E-state index is 0.0551. The number of rotatable bonds is 7. The Labute approximate surface area is 176 Å². The molecule has 0 atom stereocenters. The molecule has 0 saturated heterocycles. The first kappa shape index (κ1) is 20.5. The van der Waals surface area contributed by atoms with Crippen molar-refractivity contribution in [3.8, 4) is 17.6 Å². The molecule has 7 heteroatoms. The fourth-order valence-electron chi connectivity index (χ4n) is 2.16. The first-order chi connectivity index (χ1) is 12.5. The molecule has 4 nitrogen and oxygen atoms in total. The quantitative estimate of drug-likeness (QED) is 0.248. The molecule has 0 aliphatic rings. The second-order valence-electron chi connectivity index (χ2n) is 5.18. The maximum absolute atomic E-state index is 9.13. The third kappa shape index (κ3) is 5.34. The van der Waals surface area contributed by atoms with Crippen molar-refractivity contribution in [1.29, 1.82) is 5.26 Å². The molecule has 0 aromatic heterocycles. The van der Waals surface area contributed by atoms with Crippen LogP contribution in [0.25, 0.3) is 6.08 Å². The molecular formula is C19H16ClIN2O2S. The summed E-state index contributed by atoms with van der Waals surface area (Å²) in [7, 11) is 0. The molecule has 0 amide bonds. The van der Waals surface area contributed by atoms with E-state index >= 15 is 0 Å². The van der Waals surface area contributed by atoms with Crippen LogP contribution in [0.4, 0.5) is 0 Å². The van der Waals surface area contributed by atoms with Gasteiger partial charge in [-0.1, -0.05) is 42.0 Å². The Morgan fingerprint density at radius 1 is 1.35 bits per heavy atom. The van der Waals surface area contributed by atoms with Crippen LogP contribution >= 0.6 is 46.4 Å². The van der Waals surface area contributed by atoms with Gasteiger partial charge in [-0.2, -0.15) is 5.26 Å². The van der Waals surface area contributed by atoms with Crippen LogP contribution < -0.4 is 15.2 Å². The number of halogens is 2. The van der Waals surface area contributed by atoms with Crippen LogP contribution in [0.15, 0.2) is 42.0 Å². The van der Waals surface area contributed by atoms with Gasteiger partial charge in [0.25, 0.3) is 0 Å². The first-order valence-corrected chi connectivity index (χ1v) is 9.56. The number of ether oxygens (including phenoxy) is 2. The lowest BCUT2D eigenvalue weighted by molar-refractivity contribution is 0.267. The Morgan fingerprint density at radius 2 is 2.08 bits per heavy atom. The van der Waals surface area contributed by atoms with Gasteiger partial charge in [0, 0.05) is 10.6 Å². The normalized spacial score (nSPS) is 10.9. The van der Waals surface area contributed by atoms with E-state index in [0.717, 1.165) is 14.7 Å². The molecule has 0 aliphatic carbocycles. The maximum atomic E-state index is 9.13. The van der Waals surface area contributed by atoms with Crippen molar-refractivity contribution in [2.75, 3.05) is 6.61 Å². The van der Waals surface area contributed by atoms with Gasteiger partial charge in [-0.05, 0) is 59.4 Å². The number of nitrogens with zero attached hydrogens (tertiary/aromatic N) is 1. The highest BCUT2D eigenvalue weighted by Crippen LogP contribution is 2.36. The van der Waals surface area contributed by atoms with Crippen LogP contribution in [0.5, 0.6) is 11.5 Å². The van der Waals surface area contributed by atoms with Crippen molar-refractivity contribution in [1.82, 2.24) is 0 Å². The zero-order chi connectivity index (χ0) is 19.1. The predicted molar refractivity (Wildman–Crippen MR) is 116 cm³/mol. The van der Waals surface area contributed by atoms with Gasteiger partial charge in [-0.25, -0.2) is 0 Å². The molecule has 0 fully saturated rings. The predicted octanol–water partition coefficient (Wildman–Crippen LogP) is 5.12. The largest absolute Gasteiger partial charge is 0.490 e. The van der Waals surface area contributed by atoms with Crippen molar-refractivity contribution < 1.29 is 9.47 Å². The Hall–Kier alpha value is -1.82. The van der Waals surface area contributed by atoms with E-state index in [-0.39, 0.29) is 10.6 Å². The zero-order valence-electron chi connectivity index (χ0n) is 14.0. The van der Waals surface area contributed by atoms with Crippen LogP contribution in [0, 0.1) is 14.9 Å². The van der Waals surface area contributed by atoms with Gasteiger partial charge >= 0.3 is 0 Å². The molecule has 0 aliphatic heterocycles. The van der Waals surface area contributed by atoms with E-state index in [0.29, 0.717) is 29.7 Å². The molecule has 2 aromatic rings. The molecule has 134 valence electrons. The Bertz CT molecular complexity index is 894. The number of benzene rings is 2. The van der Waals surface area contributed by atoms with Crippen LogP contribution in [-0.2, 0) is 6.61 Å². The van der Waals surface area contributed by atoms with Crippen LogP contribution in [0.3, 0.4) is 0 Å². The summed E-state index contributed by atoms with van der Waals surface area (Å²) in [4.78, 5) is 0.0551. The molecule has 2 aromatic carbocycles. The number of hydrogen-bond acceptors (Lipinski definition) is 4. The van der Waals surface area contributed by atoms with Crippen molar-refractivity contribution in [2.24, 2.45) is 5.73 Å². The molecule has 0 bridgehead atoms. The van der Waals surface area contributed by atoms with Gasteiger partial charge in [0.05, 0.1) is 15.8 Å². The minimum atomic E-state index is 0.0551. The van der Waals surface area contributed by atoms with E-state index in [1.165, 1.54) is 0 Å². The standard InChI is InChI=1S/C19H16ClIN2O2S/c1-2-24-17-9-12(7-14(10-22)19(23)26)8-16(21)18(17)25-11-13-5-3-4-6-15(13)20/h3-9H,2,11H2,1H3,(H2,23,26). The third-order valence-corrected chi connectivity index (χ3v) is 4.75. The highest BCUT2D eigenvalue weighted by atomic mass is 127. The highest BCUT2D eigenvalue weighted by Gasteiger charge is 2.13. The Kier molecular flexibility index (Phi) is 7.69. The molecule has 0 unspecified atom stereocenters. The number of thiocarbonyl (C=S) groups is 1. The van der Waals surface area contributed by atoms with E-state index in [2.05, 4.69) is 22.6 Å². The van der Waals surface area contributed by atoms with Crippen molar-refractivity contribution in [2.45, 2.75) is 13.5 Å². The summed E-state index contributed by atoms with van der Waals surface area (Å²) in [6.07, 6.45) is 1.63. The molecule has 0 heterocycles. The number of nitrogens with two attached hydrogens (primary N) is 1. The Balaban J connectivity index is 2.36.